The number of nitrogens with one attached hydrogen (secondary N) is 1. The predicted octanol–water partition coefficient (Wildman–Crippen LogP) is 1.93. The second-order valence-electron chi connectivity index (χ2n) is 3.04. The largest absolute Gasteiger partial charge is 0.240 e. The topological polar surface area (TPSA) is 46.2 Å². The molecule has 1 N–H and O–H groups in total. The molecule has 0 aliphatic heterocycles. The van der Waals surface area contributed by atoms with E-state index in [0.717, 1.165) is 6.42 Å². The molecule has 15 heavy (non-hydrogen) atoms. The van der Waals surface area contributed by atoms with Gasteiger partial charge < -0.3 is 0 Å². The summed E-state index contributed by atoms with van der Waals surface area (Å²) in [6.07, 6.45) is 4.64. The van der Waals surface area contributed by atoms with Crippen molar-refractivity contribution in [2.45, 2.75) is 18.2 Å². The van der Waals surface area contributed by atoms with Crippen LogP contribution in [0.5, 0.6) is 0 Å². The molecule has 0 radical (unpaired) electrons. The van der Waals surface area contributed by atoms with E-state index in [-0.39, 0.29) is 0 Å². The molecule has 0 spiro atoms. The minimum Gasteiger partial charge on any atom is -0.207 e. The molecule has 4 heteroatoms. The fourth-order valence-electron chi connectivity index (χ4n) is 1.09. The molecule has 0 aromatic heterocycles. The molecule has 0 aliphatic carbocycles. The first-order valence-corrected chi connectivity index (χ1v) is 6.35. The van der Waals surface area contributed by atoms with Gasteiger partial charge in [0.2, 0.25) is 10.0 Å². The number of rotatable bonds is 5. The molecule has 1 aromatic carbocycles. The van der Waals surface area contributed by atoms with Gasteiger partial charge in [0.25, 0.3) is 0 Å². The first kappa shape index (κ1) is 11.9. The van der Waals surface area contributed by atoms with Gasteiger partial charge in [-0.05, 0) is 18.6 Å². The highest BCUT2D eigenvalue weighted by Crippen LogP contribution is 2.06. The summed E-state index contributed by atoms with van der Waals surface area (Å²) in [5, 5.41) is 0. The molecular weight excluding hydrogens is 210 g/mol. The van der Waals surface area contributed by atoms with E-state index in [0.29, 0.717) is 11.4 Å². The highest BCUT2D eigenvalue weighted by Gasteiger charge is 2.10. The summed E-state index contributed by atoms with van der Waals surface area (Å²) < 4.78 is 25.8. The molecule has 3 nitrogen and oxygen atoms in total. The van der Waals surface area contributed by atoms with E-state index in [1.807, 2.05) is 13.0 Å². The first-order chi connectivity index (χ1) is 7.17. The van der Waals surface area contributed by atoms with Crippen LogP contribution < -0.4 is 4.72 Å². The van der Waals surface area contributed by atoms with Crippen molar-refractivity contribution >= 4 is 10.0 Å². The Balaban J connectivity index is 2.65. The van der Waals surface area contributed by atoms with Crippen LogP contribution in [-0.2, 0) is 10.0 Å². The lowest BCUT2D eigenvalue weighted by molar-refractivity contribution is 0.585. The Hall–Kier alpha value is -1.13. The number of hydrogen-bond donors (Lipinski definition) is 1. The van der Waals surface area contributed by atoms with Gasteiger partial charge in [0.15, 0.2) is 0 Å². The lowest BCUT2D eigenvalue weighted by atomic mass is 10.4. The lowest BCUT2D eigenvalue weighted by Crippen LogP contribution is -2.23. The van der Waals surface area contributed by atoms with Crippen LogP contribution in [0.1, 0.15) is 13.3 Å². The van der Waals surface area contributed by atoms with E-state index in [9.17, 15) is 8.42 Å². The summed E-state index contributed by atoms with van der Waals surface area (Å²) >= 11 is 0. The minimum atomic E-state index is -3.34. The molecule has 1 rings (SSSR count). The second kappa shape index (κ2) is 5.68. The normalized spacial score (nSPS) is 12.1. The Kier molecular flexibility index (Phi) is 4.52. The van der Waals surface area contributed by atoms with Crippen molar-refractivity contribution in [3.63, 3.8) is 0 Å². The number of benzene rings is 1. The van der Waals surface area contributed by atoms with Crippen LogP contribution in [0.4, 0.5) is 0 Å². The molecule has 0 fully saturated rings. The monoisotopic (exact) mass is 225 g/mol. The Labute approximate surface area is 90.9 Å². The number of allylic oxidation sites excluding steroid dienone is 1. The molecule has 1 aromatic rings. The van der Waals surface area contributed by atoms with Gasteiger partial charge >= 0.3 is 0 Å². The average Bonchev–Trinajstić information content (AvgIpc) is 2.26. The fraction of sp³-hybridized carbons (Fsp3) is 0.273. The van der Waals surface area contributed by atoms with Gasteiger partial charge in [0, 0.05) is 6.54 Å². The van der Waals surface area contributed by atoms with Crippen molar-refractivity contribution in [3.8, 4) is 0 Å². The molecule has 0 saturated heterocycles. The van der Waals surface area contributed by atoms with E-state index in [1.165, 1.54) is 0 Å². The fourth-order valence-corrected chi connectivity index (χ4v) is 2.09. The Bertz CT molecular complexity index is 409. The van der Waals surface area contributed by atoms with E-state index in [1.54, 1.807) is 36.4 Å². The Morgan fingerprint density at radius 2 is 1.87 bits per heavy atom. The number of sulfonamides is 1. The lowest BCUT2D eigenvalue weighted by Gasteiger charge is -2.03. The van der Waals surface area contributed by atoms with Crippen LogP contribution in [0.3, 0.4) is 0 Å². The molecule has 82 valence electrons. The summed E-state index contributed by atoms with van der Waals surface area (Å²) in [4.78, 5) is 0.301. The van der Waals surface area contributed by atoms with Crippen LogP contribution in [0.15, 0.2) is 47.4 Å². The van der Waals surface area contributed by atoms with E-state index in [2.05, 4.69) is 4.72 Å². The summed E-state index contributed by atoms with van der Waals surface area (Å²) in [7, 11) is -3.34. The zero-order valence-electron chi connectivity index (χ0n) is 8.68. The molecule has 0 aliphatic rings. The zero-order valence-corrected chi connectivity index (χ0v) is 9.50. The zero-order chi connectivity index (χ0) is 11.1. The second-order valence-corrected chi connectivity index (χ2v) is 4.81. The Morgan fingerprint density at radius 3 is 2.47 bits per heavy atom. The molecule has 0 bridgehead atoms. The van der Waals surface area contributed by atoms with Crippen LogP contribution in [0.2, 0.25) is 0 Å². The van der Waals surface area contributed by atoms with E-state index in [4.69, 9.17) is 0 Å². The van der Waals surface area contributed by atoms with Gasteiger partial charge in [-0.1, -0.05) is 37.3 Å². The first-order valence-electron chi connectivity index (χ1n) is 4.86. The highest BCUT2D eigenvalue weighted by molar-refractivity contribution is 7.89. The SMILES string of the molecule is CCC=CCNS(=O)(=O)c1ccccc1. The standard InChI is InChI=1S/C11H15NO2S/c1-2-3-7-10-12-15(13,14)11-8-5-4-6-9-11/h3-9,12H,2,10H2,1H3. The van der Waals surface area contributed by atoms with Gasteiger partial charge in [-0.3, -0.25) is 0 Å². The van der Waals surface area contributed by atoms with E-state index < -0.39 is 10.0 Å². The third-order valence-electron chi connectivity index (χ3n) is 1.85. The molecule has 0 unspecified atom stereocenters. The van der Waals surface area contributed by atoms with Crippen molar-refractivity contribution in [2.24, 2.45) is 0 Å². The summed E-state index contributed by atoms with van der Waals surface area (Å²) in [5.74, 6) is 0. The molecule has 0 heterocycles. The van der Waals surface area contributed by atoms with Gasteiger partial charge in [-0.2, -0.15) is 0 Å². The maximum absolute atomic E-state index is 11.7. The minimum absolute atomic E-state index is 0.301. The van der Waals surface area contributed by atoms with Crippen molar-refractivity contribution in [3.05, 3.63) is 42.5 Å². The highest BCUT2D eigenvalue weighted by atomic mass is 32.2. The predicted molar refractivity (Wildman–Crippen MR) is 61.1 cm³/mol. The van der Waals surface area contributed by atoms with Gasteiger partial charge in [0.1, 0.15) is 0 Å². The van der Waals surface area contributed by atoms with Gasteiger partial charge in [0.05, 0.1) is 4.90 Å². The summed E-state index contributed by atoms with van der Waals surface area (Å²) in [6.45, 7) is 2.34. The summed E-state index contributed by atoms with van der Waals surface area (Å²) in [5.41, 5.74) is 0. The van der Waals surface area contributed by atoms with Crippen LogP contribution in [0.25, 0.3) is 0 Å². The smallest absolute Gasteiger partial charge is 0.207 e. The van der Waals surface area contributed by atoms with E-state index >= 15 is 0 Å². The third kappa shape index (κ3) is 3.85. The number of hydrogen-bond acceptors (Lipinski definition) is 2. The maximum Gasteiger partial charge on any atom is 0.240 e. The quantitative estimate of drug-likeness (QED) is 0.778. The molecule has 0 saturated carbocycles. The van der Waals surface area contributed by atoms with Crippen molar-refractivity contribution in [2.75, 3.05) is 6.54 Å². The van der Waals surface area contributed by atoms with Gasteiger partial charge in [-0.15, -0.1) is 0 Å². The molecule has 0 atom stereocenters. The van der Waals surface area contributed by atoms with Crippen molar-refractivity contribution in [1.82, 2.24) is 4.72 Å². The van der Waals surface area contributed by atoms with Crippen LogP contribution in [-0.4, -0.2) is 15.0 Å². The average molecular weight is 225 g/mol. The summed E-state index contributed by atoms with van der Waals surface area (Å²) in [6, 6.07) is 8.35. The Morgan fingerprint density at radius 1 is 1.20 bits per heavy atom. The van der Waals surface area contributed by atoms with Crippen LogP contribution >= 0.6 is 0 Å². The molecule has 0 amide bonds. The maximum atomic E-state index is 11.7. The van der Waals surface area contributed by atoms with Crippen molar-refractivity contribution < 1.29 is 8.42 Å². The van der Waals surface area contributed by atoms with Crippen LogP contribution in [0, 0.1) is 0 Å². The van der Waals surface area contributed by atoms with Crippen molar-refractivity contribution in [1.29, 1.82) is 0 Å². The van der Waals surface area contributed by atoms with Gasteiger partial charge in [-0.25, -0.2) is 13.1 Å². The molecular formula is C11H15NO2S. The third-order valence-corrected chi connectivity index (χ3v) is 3.29.